The Balaban J connectivity index is 1.59. The minimum Gasteiger partial charge on any atom is -0.494 e. The van der Waals surface area contributed by atoms with Crippen LogP contribution in [0.5, 0.6) is 5.75 Å². The number of anilines is 2. The minimum absolute atomic E-state index is 0.130. The van der Waals surface area contributed by atoms with Crippen molar-refractivity contribution < 1.29 is 14.3 Å². The average molecular weight is 402 g/mol. The Morgan fingerprint density at radius 3 is 2.67 bits per heavy atom. The molecule has 0 saturated heterocycles. The summed E-state index contributed by atoms with van der Waals surface area (Å²) in [5.74, 6) is 0.788. The summed E-state index contributed by atoms with van der Waals surface area (Å²) >= 11 is 2.93. The van der Waals surface area contributed by atoms with E-state index in [2.05, 4.69) is 15.6 Å². The average Bonchev–Trinajstić information content (AvgIpc) is 3.02. The SMILES string of the molecule is CCOc1ccc2nc(SCC(=O)Nc3cccc(NC(C)=O)c3)sc2c1. The molecule has 140 valence electrons. The monoisotopic (exact) mass is 401 g/mol. The van der Waals surface area contributed by atoms with E-state index in [1.54, 1.807) is 24.3 Å². The molecule has 1 aromatic heterocycles. The summed E-state index contributed by atoms with van der Waals surface area (Å²) in [6.07, 6.45) is 0. The molecular formula is C19H19N3O3S2. The largest absolute Gasteiger partial charge is 0.494 e. The van der Waals surface area contributed by atoms with Gasteiger partial charge in [-0.2, -0.15) is 0 Å². The lowest BCUT2D eigenvalue weighted by Gasteiger charge is -2.07. The number of thioether (sulfide) groups is 1. The highest BCUT2D eigenvalue weighted by Gasteiger charge is 2.09. The van der Waals surface area contributed by atoms with Crippen molar-refractivity contribution in [2.75, 3.05) is 23.0 Å². The molecule has 0 aliphatic heterocycles. The lowest BCUT2D eigenvalue weighted by atomic mass is 10.2. The topological polar surface area (TPSA) is 80.3 Å². The zero-order valence-electron chi connectivity index (χ0n) is 14.9. The summed E-state index contributed by atoms with van der Waals surface area (Å²) in [5.41, 5.74) is 2.18. The van der Waals surface area contributed by atoms with Gasteiger partial charge in [0.15, 0.2) is 4.34 Å². The van der Waals surface area contributed by atoms with E-state index in [1.165, 1.54) is 30.0 Å². The molecule has 1 heterocycles. The van der Waals surface area contributed by atoms with Crippen LogP contribution < -0.4 is 15.4 Å². The molecule has 0 atom stereocenters. The van der Waals surface area contributed by atoms with Gasteiger partial charge >= 0.3 is 0 Å². The highest BCUT2D eigenvalue weighted by Crippen LogP contribution is 2.32. The van der Waals surface area contributed by atoms with Crippen LogP contribution in [0.4, 0.5) is 11.4 Å². The van der Waals surface area contributed by atoms with Gasteiger partial charge in [0.2, 0.25) is 11.8 Å². The normalized spacial score (nSPS) is 10.6. The van der Waals surface area contributed by atoms with E-state index in [1.807, 2.05) is 25.1 Å². The number of amides is 2. The first-order chi connectivity index (χ1) is 13.0. The molecule has 0 unspecified atom stereocenters. The Morgan fingerprint density at radius 1 is 1.15 bits per heavy atom. The number of ether oxygens (including phenoxy) is 1. The van der Waals surface area contributed by atoms with E-state index < -0.39 is 0 Å². The van der Waals surface area contributed by atoms with Crippen LogP contribution in [-0.2, 0) is 9.59 Å². The first-order valence-electron chi connectivity index (χ1n) is 8.37. The molecule has 0 fully saturated rings. The van der Waals surface area contributed by atoms with Crippen LogP contribution in [0, 0.1) is 0 Å². The Morgan fingerprint density at radius 2 is 1.93 bits per heavy atom. The highest BCUT2D eigenvalue weighted by atomic mass is 32.2. The molecule has 6 nitrogen and oxygen atoms in total. The van der Waals surface area contributed by atoms with E-state index in [0.29, 0.717) is 18.0 Å². The minimum atomic E-state index is -0.155. The number of hydrogen-bond acceptors (Lipinski definition) is 6. The fourth-order valence-corrected chi connectivity index (χ4v) is 4.30. The van der Waals surface area contributed by atoms with Crippen LogP contribution in [-0.4, -0.2) is 29.2 Å². The summed E-state index contributed by atoms with van der Waals surface area (Å²) in [7, 11) is 0. The molecule has 3 rings (SSSR count). The molecule has 0 aliphatic rings. The number of carbonyl (C=O) groups excluding carboxylic acids is 2. The standard InChI is InChI=1S/C19H19N3O3S2/c1-3-25-15-7-8-16-17(10-15)27-19(22-16)26-11-18(24)21-14-6-4-5-13(9-14)20-12(2)23/h4-10H,3,11H2,1-2H3,(H,20,23)(H,21,24). The third kappa shape index (κ3) is 5.45. The molecule has 0 saturated carbocycles. The molecule has 8 heteroatoms. The van der Waals surface area contributed by atoms with Crippen LogP contribution >= 0.6 is 23.1 Å². The second kappa shape index (κ2) is 8.88. The van der Waals surface area contributed by atoms with Crippen molar-refractivity contribution in [1.82, 2.24) is 4.98 Å². The summed E-state index contributed by atoms with van der Waals surface area (Å²) in [6.45, 7) is 4.01. The lowest BCUT2D eigenvalue weighted by Crippen LogP contribution is -2.14. The first-order valence-corrected chi connectivity index (χ1v) is 10.2. The number of nitrogens with one attached hydrogen (secondary N) is 2. The van der Waals surface area contributed by atoms with Gasteiger partial charge in [0, 0.05) is 18.3 Å². The van der Waals surface area contributed by atoms with E-state index >= 15 is 0 Å². The quantitative estimate of drug-likeness (QED) is 0.574. The third-order valence-corrected chi connectivity index (χ3v) is 5.61. The second-order valence-electron chi connectivity index (χ2n) is 5.64. The molecule has 2 aromatic carbocycles. The Hall–Kier alpha value is -2.58. The fourth-order valence-electron chi connectivity index (χ4n) is 2.40. The first kappa shape index (κ1) is 19.2. The maximum atomic E-state index is 12.2. The zero-order chi connectivity index (χ0) is 19.2. The van der Waals surface area contributed by atoms with Gasteiger partial charge in [-0.05, 0) is 43.3 Å². The number of carbonyl (C=O) groups is 2. The molecule has 3 aromatic rings. The summed E-state index contributed by atoms with van der Waals surface area (Å²) in [5, 5.41) is 5.52. The van der Waals surface area contributed by atoms with Crippen molar-refractivity contribution in [3.63, 3.8) is 0 Å². The van der Waals surface area contributed by atoms with Crippen LogP contribution in [0.1, 0.15) is 13.8 Å². The molecule has 2 N–H and O–H groups in total. The van der Waals surface area contributed by atoms with Gasteiger partial charge in [0.05, 0.1) is 22.6 Å². The van der Waals surface area contributed by atoms with Gasteiger partial charge in [0.25, 0.3) is 0 Å². The molecule has 0 radical (unpaired) electrons. The Labute approximate surface area is 165 Å². The smallest absolute Gasteiger partial charge is 0.234 e. The van der Waals surface area contributed by atoms with Crippen LogP contribution in [0.3, 0.4) is 0 Å². The summed E-state index contributed by atoms with van der Waals surface area (Å²) in [4.78, 5) is 27.9. The fraction of sp³-hybridized carbons (Fsp3) is 0.211. The maximum absolute atomic E-state index is 12.2. The van der Waals surface area contributed by atoms with E-state index in [-0.39, 0.29) is 17.6 Å². The van der Waals surface area contributed by atoms with Crippen molar-refractivity contribution in [3.05, 3.63) is 42.5 Å². The van der Waals surface area contributed by atoms with Gasteiger partial charge in [-0.25, -0.2) is 4.98 Å². The summed E-state index contributed by atoms with van der Waals surface area (Å²) < 4.78 is 7.37. The van der Waals surface area contributed by atoms with Gasteiger partial charge < -0.3 is 15.4 Å². The van der Waals surface area contributed by atoms with Crippen molar-refractivity contribution >= 4 is 56.5 Å². The van der Waals surface area contributed by atoms with Crippen molar-refractivity contribution in [1.29, 1.82) is 0 Å². The van der Waals surface area contributed by atoms with Crippen LogP contribution in [0.25, 0.3) is 10.2 Å². The summed E-state index contributed by atoms with van der Waals surface area (Å²) in [6, 6.07) is 12.8. The third-order valence-electron chi connectivity index (χ3n) is 3.44. The molecule has 0 spiro atoms. The lowest BCUT2D eigenvalue weighted by molar-refractivity contribution is -0.114. The van der Waals surface area contributed by atoms with Gasteiger partial charge in [-0.15, -0.1) is 11.3 Å². The maximum Gasteiger partial charge on any atom is 0.234 e. The molecule has 2 amide bonds. The second-order valence-corrected chi connectivity index (χ2v) is 7.89. The highest BCUT2D eigenvalue weighted by molar-refractivity contribution is 8.01. The van der Waals surface area contributed by atoms with E-state index in [9.17, 15) is 9.59 Å². The zero-order valence-corrected chi connectivity index (χ0v) is 16.6. The predicted molar refractivity (Wildman–Crippen MR) is 111 cm³/mol. The Kier molecular flexibility index (Phi) is 6.31. The predicted octanol–water partition coefficient (Wildman–Crippen LogP) is 4.38. The number of aromatic nitrogens is 1. The van der Waals surface area contributed by atoms with Gasteiger partial charge in [-0.1, -0.05) is 17.8 Å². The van der Waals surface area contributed by atoms with E-state index in [0.717, 1.165) is 20.3 Å². The number of nitrogens with zero attached hydrogens (tertiary/aromatic N) is 1. The number of rotatable bonds is 7. The number of benzene rings is 2. The molecule has 0 aliphatic carbocycles. The van der Waals surface area contributed by atoms with Crippen molar-refractivity contribution in [3.8, 4) is 5.75 Å². The number of hydrogen-bond donors (Lipinski definition) is 2. The Bertz CT molecular complexity index is 972. The van der Waals surface area contributed by atoms with E-state index in [4.69, 9.17) is 4.74 Å². The van der Waals surface area contributed by atoms with Crippen molar-refractivity contribution in [2.45, 2.75) is 18.2 Å². The molecular weight excluding hydrogens is 382 g/mol. The molecule has 0 bridgehead atoms. The van der Waals surface area contributed by atoms with Gasteiger partial charge in [-0.3, -0.25) is 9.59 Å². The number of fused-ring (bicyclic) bond motifs is 1. The van der Waals surface area contributed by atoms with Crippen LogP contribution in [0.2, 0.25) is 0 Å². The molecule has 27 heavy (non-hydrogen) atoms. The number of thiazole rings is 1. The van der Waals surface area contributed by atoms with Crippen LogP contribution in [0.15, 0.2) is 46.8 Å². The van der Waals surface area contributed by atoms with Crippen molar-refractivity contribution in [2.24, 2.45) is 0 Å². The van der Waals surface area contributed by atoms with Gasteiger partial charge in [0.1, 0.15) is 5.75 Å².